The second-order valence-corrected chi connectivity index (χ2v) is 6.50. The van der Waals surface area contributed by atoms with Gasteiger partial charge in [-0.05, 0) is 19.2 Å². The van der Waals surface area contributed by atoms with Crippen LogP contribution in [0.3, 0.4) is 0 Å². The van der Waals surface area contributed by atoms with Crippen molar-refractivity contribution in [1.82, 2.24) is 9.80 Å². The van der Waals surface area contributed by atoms with Crippen LogP contribution in [0.25, 0.3) is 0 Å². The number of nitrogens with zero attached hydrogens (tertiary/aromatic N) is 3. The maximum atomic E-state index is 11.0. The van der Waals surface area contributed by atoms with Crippen molar-refractivity contribution in [3.05, 3.63) is 33.8 Å². The first-order valence-corrected chi connectivity index (χ1v) is 7.56. The highest BCUT2D eigenvalue weighted by Crippen LogP contribution is 2.41. The van der Waals surface area contributed by atoms with Crippen molar-refractivity contribution in [2.75, 3.05) is 26.1 Å². The second-order valence-electron chi connectivity index (χ2n) is 4.74. The molecule has 4 nitrogen and oxygen atoms in total. The van der Waals surface area contributed by atoms with Crippen molar-refractivity contribution in [3.63, 3.8) is 0 Å². The Morgan fingerprint density at radius 1 is 1.37 bits per heavy atom. The molecule has 0 amide bonds. The predicted octanol–water partition coefficient (Wildman–Crippen LogP) is 2.40. The van der Waals surface area contributed by atoms with Gasteiger partial charge in [-0.15, -0.1) is 0 Å². The topological polar surface area (TPSA) is 39.1 Å². The fourth-order valence-electron chi connectivity index (χ4n) is 2.24. The van der Waals surface area contributed by atoms with Gasteiger partial charge in [-0.3, -0.25) is 4.90 Å². The van der Waals surface area contributed by atoms with Crippen molar-refractivity contribution >= 4 is 40.1 Å². The van der Waals surface area contributed by atoms with E-state index in [1.54, 1.807) is 23.9 Å². The molecule has 102 valence electrons. The van der Waals surface area contributed by atoms with Gasteiger partial charge in [-0.2, -0.15) is 0 Å². The maximum Gasteiger partial charge on any atom is 0.176 e. The lowest BCUT2D eigenvalue weighted by molar-refractivity contribution is -0.0701. The van der Waals surface area contributed by atoms with Crippen molar-refractivity contribution in [2.45, 2.75) is 5.72 Å². The summed E-state index contributed by atoms with van der Waals surface area (Å²) in [5.41, 5.74) is -0.332. The smallest absolute Gasteiger partial charge is 0.176 e. The van der Waals surface area contributed by atoms with Crippen LogP contribution in [0.4, 0.5) is 0 Å². The van der Waals surface area contributed by atoms with E-state index in [0.29, 0.717) is 29.1 Å². The zero-order valence-corrected chi connectivity index (χ0v) is 12.6. The largest absolute Gasteiger partial charge is 0.366 e. The van der Waals surface area contributed by atoms with Crippen LogP contribution in [-0.2, 0) is 5.72 Å². The first-order valence-electron chi connectivity index (χ1n) is 5.82. The monoisotopic (exact) mass is 317 g/mol. The summed E-state index contributed by atoms with van der Waals surface area (Å²) in [6, 6.07) is 5.25. The van der Waals surface area contributed by atoms with E-state index in [1.807, 2.05) is 22.9 Å². The molecule has 3 rings (SSSR count). The molecule has 1 aromatic rings. The van der Waals surface area contributed by atoms with Crippen LogP contribution < -0.4 is 0 Å². The molecule has 0 radical (unpaired) electrons. The molecule has 19 heavy (non-hydrogen) atoms. The zero-order chi connectivity index (χ0) is 13.6. The number of halogens is 2. The summed E-state index contributed by atoms with van der Waals surface area (Å²) in [6.07, 6.45) is 0. The third-order valence-corrected chi connectivity index (χ3v) is 5.19. The van der Waals surface area contributed by atoms with Gasteiger partial charge in [0.05, 0.1) is 29.1 Å². The van der Waals surface area contributed by atoms with E-state index in [4.69, 9.17) is 23.2 Å². The van der Waals surface area contributed by atoms with E-state index in [0.717, 1.165) is 10.7 Å². The summed E-state index contributed by atoms with van der Waals surface area (Å²) in [6.45, 7) is 1.30. The molecular formula is C12H13Cl2N3OS. The van der Waals surface area contributed by atoms with Gasteiger partial charge >= 0.3 is 0 Å². The predicted molar refractivity (Wildman–Crippen MR) is 79.6 cm³/mol. The summed E-state index contributed by atoms with van der Waals surface area (Å²) in [7, 11) is 1.97. The van der Waals surface area contributed by atoms with Crippen LogP contribution in [0.5, 0.6) is 0 Å². The Balaban J connectivity index is 2.01. The van der Waals surface area contributed by atoms with Crippen LogP contribution >= 0.6 is 35.0 Å². The number of aliphatic hydroxyl groups is 1. The molecular weight excluding hydrogens is 305 g/mol. The Labute approximate surface area is 126 Å². The minimum Gasteiger partial charge on any atom is -0.366 e. The van der Waals surface area contributed by atoms with Crippen LogP contribution in [0.2, 0.25) is 10.0 Å². The molecule has 2 heterocycles. The highest BCUT2D eigenvalue weighted by Gasteiger charge is 2.46. The van der Waals surface area contributed by atoms with E-state index in [2.05, 4.69) is 4.99 Å². The van der Waals surface area contributed by atoms with E-state index in [-0.39, 0.29) is 0 Å². The standard InChI is InChI=1S/C12H13Cl2N3OS/c1-16-6-15-11-17(7-16)12(18,5-19-11)8-2-3-9(13)10(14)4-8/h2-4,18H,5-7H2,1H3. The Bertz CT molecular complexity index is 554. The van der Waals surface area contributed by atoms with Gasteiger partial charge in [-0.1, -0.05) is 41.0 Å². The number of amidine groups is 1. The average Bonchev–Trinajstić information content (AvgIpc) is 2.72. The minimum absolute atomic E-state index is 0.452. The van der Waals surface area contributed by atoms with Crippen LogP contribution in [-0.4, -0.2) is 46.2 Å². The number of thioether (sulfide) groups is 1. The van der Waals surface area contributed by atoms with Crippen molar-refractivity contribution in [2.24, 2.45) is 4.99 Å². The van der Waals surface area contributed by atoms with Gasteiger partial charge in [0, 0.05) is 5.56 Å². The van der Waals surface area contributed by atoms with Gasteiger partial charge in [0.1, 0.15) is 0 Å². The fourth-order valence-corrected chi connectivity index (χ4v) is 3.70. The highest BCUT2D eigenvalue weighted by molar-refractivity contribution is 8.14. The van der Waals surface area contributed by atoms with Crippen LogP contribution in [0, 0.1) is 0 Å². The molecule has 1 fully saturated rings. The summed E-state index contributed by atoms with van der Waals surface area (Å²) in [5.74, 6) is 0.539. The average molecular weight is 318 g/mol. The Kier molecular flexibility index (Phi) is 3.43. The molecule has 0 bridgehead atoms. The van der Waals surface area contributed by atoms with Gasteiger partial charge in [-0.25, -0.2) is 4.99 Å². The Morgan fingerprint density at radius 3 is 2.89 bits per heavy atom. The van der Waals surface area contributed by atoms with Crippen molar-refractivity contribution in [1.29, 1.82) is 0 Å². The summed E-state index contributed by atoms with van der Waals surface area (Å²) in [4.78, 5) is 8.39. The van der Waals surface area contributed by atoms with E-state index >= 15 is 0 Å². The lowest BCUT2D eigenvalue weighted by Gasteiger charge is -2.39. The highest BCUT2D eigenvalue weighted by atomic mass is 35.5. The zero-order valence-electron chi connectivity index (χ0n) is 10.3. The number of aliphatic imine (C=N–C) groups is 1. The SMILES string of the molecule is CN1CN=C2SCC(O)(c3ccc(Cl)c(Cl)c3)N2C1. The third kappa shape index (κ3) is 2.23. The fraction of sp³-hybridized carbons (Fsp3) is 0.417. The molecule has 0 spiro atoms. The first kappa shape index (κ1) is 13.5. The van der Waals surface area contributed by atoms with E-state index in [9.17, 15) is 5.11 Å². The summed E-state index contributed by atoms with van der Waals surface area (Å²) in [5, 5.41) is 12.8. The minimum atomic E-state index is -1.08. The Morgan fingerprint density at radius 2 is 2.16 bits per heavy atom. The van der Waals surface area contributed by atoms with Gasteiger partial charge in [0.15, 0.2) is 10.9 Å². The maximum absolute atomic E-state index is 11.0. The van der Waals surface area contributed by atoms with Gasteiger partial charge in [0.25, 0.3) is 0 Å². The number of benzene rings is 1. The molecule has 1 saturated heterocycles. The molecule has 0 aromatic heterocycles. The van der Waals surface area contributed by atoms with Crippen molar-refractivity contribution in [3.8, 4) is 0 Å². The molecule has 7 heteroatoms. The van der Waals surface area contributed by atoms with Crippen molar-refractivity contribution < 1.29 is 5.11 Å². The quantitative estimate of drug-likeness (QED) is 0.863. The molecule has 2 aliphatic rings. The van der Waals surface area contributed by atoms with E-state index < -0.39 is 5.72 Å². The van der Waals surface area contributed by atoms with Crippen LogP contribution in [0.15, 0.2) is 23.2 Å². The number of hydrogen-bond acceptors (Lipinski definition) is 5. The normalized spacial score (nSPS) is 27.4. The summed E-state index contributed by atoms with van der Waals surface area (Å²) < 4.78 is 0. The Hall–Kier alpha value is -0.460. The molecule has 1 aromatic carbocycles. The molecule has 0 aliphatic carbocycles. The molecule has 1 atom stereocenters. The van der Waals surface area contributed by atoms with E-state index in [1.165, 1.54) is 0 Å². The first-order chi connectivity index (χ1) is 9.00. The number of rotatable bonds is 1. The molecule has 1 N–H and O–H groups in total. The second kappa shape index (κ2) is 4.82. The van der Waals surface area contributed by atoms with Gasteiger partial charge in [0.2, 0.25) is 0 Å². The molecule has 2 aliphatic heterocycles. The summed E-state index contributed by atoms with van der Waals surface area (Å²) >= 11 is 13.5. The number of fused-ring (bicyclic) bond motifs is 1. The lowest BCUT2D eigenvalue weighted by Crippen LogP contribution is -2.51. The van der Waals surface area contributed by atoms with Crippen LogP contribution in [0.1, 0.15) is 5.56 Å². The molecule has 1 unspecified atom stereocenters. The van der Waals surface area contributed by atoms with Gasteiger partial charge < -0.3 is 10.0 Å². The number of hydrogen-bond donors (Lipinski definition) is 1. The lowest BCUT2D eigenvalue weighted by atomic mass is 10.0. The third-order valence-electron chi connectivity index (χ3n) is 3.29. The molecule has 0 saturated carbocycles.